The van der Waals surface area contributed by atoms with E-state index in [1.54, 1.807) is 6.20 Å². The van der Waals surface area contributed by atoms with E-state index in [0.717, 1.165) is 31.9 Å². The van der Waals surface area contributed by atoms with Crippen LogP contribution in [0.3, 0.4) is 0 Å². The Bertz CT molecular complexity index is 326. The van der Waals surface area contributed by atoms with E-state index in [9.17, 15) is 0 Å². The first-order valence-corrected chi connectivity index (χ1v) is 5.81. The zero-order chi connectivity index (χ0) is 11.2. The first-order valence-electron chi connectivity index (χ1n) is 5.81. The Morgan fingerprint density at radius 2 is 2.44 bits per heavy atom. The molecule has 1 atom stereocenters. The van der Waals surface area contributed by atoms with Crippen molar-refractivity contribution in [1.29, 1.82) is 0 Å². The predicted octanol–water partition coefficient (Wildman–Crippen LogP) is 1.50. The van der Waals surface area contributed by atoms with Gasteiger partial charge in [-0.1, -0.05) is 0 Å². The smallest absolute Gasteiger partial charge is 0.224 e. The van der Waals surface area contributed by atoms with Gasteiger partial charge in [0, 0.05) is 25.9 Å². The molecule has 1 aliphatic rings. The Hall–Kier alpha value is -1.36. The molecule has 1 aromatic heterocycles. The van der Waals surface area contributed by atoms with Gasteiger partial charge in [-0.05, 0) is 25.8 Å². The molecule has 0 spiro atoms. The van der Waals surface area contributed by atoms with Gasteiger partial charge in [0.1, 0.15) is 5.82 Å². The normalized spacial score (nSPS) is 19.7. The summed E-state index contributed by atoms with van der Waals surface area (Å²) in [6.45, 7) is 4.56. The zero-order valence-electron chi connectivity index (χ0n) is 9.57. The third-order valence-corrected chi connectivity index (χ3v) is 2.53. The van der Waals surface area contributed by atoms with Crippen LogP contribution in [0.1, 0.15) is 19.8 Å². The number of nitrogens with one attached hydrogen (secondary N) is 2. The average Bonchev–Trinajstić information content (AvgIpc) is 2.80. The van der Waals surface area contributed by atoms with Gasteiger partial charge in [0.2, 0.25) is 5.95 Å². The van der Waals surface area contributed by atoms with Crippen LogP contribution in [0.15, 0.2) is 12.3 Å². The van der Waals surface area contributed by atoms with Gasteiger partial charge in [-0.25, -0.2) is 4.98 Å². The highest BCUT2D eigenvalue weighted by molar-refractivity contribution is 5.39. The molecule has 5 nitrogen and oxygen atoms in total. The minimum Gasteiger partial charge on any atom is -0.376 e. The van der Waals surface area contributed by atoms with Crippen LogP contribution in [0.2, 0.25) is 0 Å². The number of hydrogen-bond acceptors (Lipinski definition) is 5. The average molecular weight is 222 g/mol. The first-order chi connectivity index (χ1) is 7.88. The molecule has 0 saturated carbocycles. The molecule has 16 heavy (non-hydrogen) atoms. The van der Waals surface area contributed by atoms with Crippen molar-refractivity contribution in [2.24, 2.45) is 0 Å². The molecule has 0 amide bonds. The summed E-state index contributed by atoms with van der Waals surface area (Å²) < 4.78 is 5.53. The number of nitrogens with zero attached hydrogens (tertiary/aromatic N) is 2. The Balaban J connectivity index is 1.85. The summed E-state index contributed by atoms with van der Waals surface area (Å²) in [7, 11) is 0. The second kappa shape index (κ2) is 5.65. The SMILES string of the molecule is CCNc1nccc(NCC2CCCO2)n1. The van der Waals surface area contributed by atoms with Crippen LogP contribution in [0, 0.1) is 0 Å². The Labute approximate surface area is 95.6 Å². The van der Waals surface area contributed by atoms with Gasteiger partial charge in [-0.15, -0.1) is 0 Å². The molecule has 0 radical (unpaired) electrons. The maximum absolute atomic E-state index is 5.53. The summed E-state index contributed by atoms with van der Waals surface area (Å²) in [4.78, 5) is 8.45. The Morgan fingerprint density at radius 1 is 1.50 bits per heavy atom. The van der Waals surface area contributed by atoms with Crippen LogP contribution in [0.4, 0.5) is 11.8 Å². The fraction of sp³-hybridized carbons (Fsp3) is 0.636. The maximum atomic E-state index is 5.53. The third kappa shape index (κ3) is 3.06. The van der Waals surface area contributed by atoms with Crippen molar-refractivity contribution in [3.63, 3.8) is 0 Å². The van der Waals surface area contributed by atoms with Gasteiger partial charge in [-0.3, -0.25) is 0 Å². The van der Waals surface area contributed by atoms with Crippen LogP contribution in [-0.4, -0.2) is 35.8 Å². The van der Waals surface area contributed by atoms with Crippen molar-refractivity contribution in [2.45, 2.75) is 25.9 Å². The van der Waals surface area contributed by atoms with Crippen molar-refractivity contribution >= 4 is 11.8 Å². The molecule has 1 fully saturated rings. The van der Waals surface area contributed by atoms with Crippen LogP contribution in [-0.2, 0) is 4.74 Å². The number of anilines is 2. The molecule has 1 aromatic rings. The van der Waals surface area contributed by atoms with E-state index in [-0.39, 0.29) is 0 Å². The van der Waals surface area contributed by atoms with Gasteiger partial charge < -0.3 is 15.4 Å². The molecule has 1 unspecified atom stereocenters. The second-order valence-electron chi connectivity index (χ2n) is 3.81. The van der Waals surface area contributed by atoms with Crippen molar-refractivity contribution in [3.8, 4) is 0 Å². The van der Waals surface area contributed by atoms with Gasteiger partial charge in [0.15, 0.2) is 0 Å². The van der Waals surface area contributed by atoms with Crippen LogP contribution in [0.25, 0.3) is 0 Å². The van der Waals surface area contributed by atoms with Gasteiger partial charge in [0.05, 0.1) is 6.10 Å². The summed E-state index contributed by atoms with van der Waals surface area (Å²) in [6, 6.07) is 1.87. The Morgan fingerprint density at radius 3 is 3.19 bits per heavy atom. The van der Waals surface area contributed by atoms with Gasteiger partial charge in [-0.2, -0.15) is 4.98 Å². The minimum atomic E-state index is 0.331. The van der Waals surface area contributed by atoms with Crippen molar-refractivity contribution < 1.29 is 4.74 Å². The summed E-state index contributed by atoms with van der Waals surface area (Å²) in [5.74, 6) is 1.52. The maximum Gasteiger partial charge on any atom is 0.224 e. The van der Waals surface area contributed by atoms with E-state index < -0.39 is 0 Å². The molecular formula is C11H18N4O. The van der Waals surface area contributed by atoms with Crippen LogP contribution < -0.4 is 10.6 Å². The monoisotopic (exact) mass is 222 g/mol. The summed E-state index contributed by atoms with van der Waals surface area (Å²) in [6.07, 6.45) is 4.39. The largest absolute Gasteiger partial charge is 0.376 e. The van der Waals surface area contributed by atoms with E-state index in [1.165, 1.54) is 6.42 Å². The molecular weight excluding hydrogens is 204 g/mol. The third-order valence-electron chi connectivity index (χ3n) is 2.53. The van der Waals surface area contributed by atoms with E-state index in [4.69, 9.17) is 4.74 Å². The molecule has 2 N–H and O–H groups in total. The van der Waals surface area contributed by atoms with Crippen molar-refractivity contribution in [3.05, 3.63) is 12.3 Å². The molecule has 0 aromatic carbocycles. The second-order valence-corrected chi connectivity index (χ2v) is 3.81. The number of hydrogen-bond donors (Lipinski definition) is 2. The van der Waals surface area contributed by atoms with Crippen molar-refractivity contribution in [1.82, 2.24) is 9.97 Å². The molecule has 1 saturated heterocycles. The van der Waals surface area contributed by atoms with E-state index in [1.807, 2.05) is 13.0 Å². The minimum absolute atomic E-state index is 0.331. The highest BCUT2D eigenvalue weighted by Crippen LogP contribution is 2.13. The molecule has 88 valence electrons. The van der Waals surface area contributed by atoms with E-state index in [2.05, 4.69) is 20.6 Å². The summed E-state index contributed by atoms with van der Waals surface area (Å²) in [5, 5.41) is 6.35. The first kappa shape index (κ1) is 11.1. The topological polar surface area (TPSA) is 59.1 Å². The lowest BCUT2D eigenvalue weighted by Gasteiger charge is -2.11. The predicted molar refractivity (Wildman–Crippen MR) is 63.7 cm³/mol. The number of rotatable bonds is 5. The highest BCUT2D eigenvalue weighted by Gasteiger charge is 2.14. The van der Waals surface area contributed by atoms with Crippen LogP contribution >= 0.6 is 0 Å². The molecule has 5 heteroatoms. The summed E-state index contributed by atoms with van der Waals surface area (Å²) in [5.41, 5.74) is 0. The van der Waals surface area contributed by atoms with Gasteiger partial charge >= 0.3 is 0 Å². The lowest BCUT2D eigenvalue weighted by Crippen LogP contribution is -2.19. The molecule has 2 rings (SSSR count). The quantitative estimate of drug-likeness (QED) is 0.790. The van der Waals surface area contributed by atoms with Crippen molar-refractivity contribution in [2.75, 3.05) is 30.3 Å². The fourth-order valence-electron chi connectivity index (χ4n) is 1.72. The number of aromatic nitrogens is 2. The zero-order valence-corrected chi connectivity index (χ0v) is 9.57. The molecule has 1 aliphatic heterocycles. The highest BCUT2D eigenvalue weighted by atomic mass is 16.5. The lowest BCUT2D eigenvalue weighted by molar-refractivity contribution is 0.120. The molecule has 0 bridgehead atoms. The summed E-state index contributed by atoms with van der Waals surface area (Å²) >= 11 is 0. The fourth-order valence-corrected chi connectivity index (χ4v) is 1.72. The molecule has 2 heterocycles. The van der Waals surface area contributed by atoms with E-state index in [0.29, 0.717) is 12.1 Å². The van der Waals surface area contributed by atoms with Gasteiger partial charge in [0.25, 0.3) is 0 Å². The van der Waals surface area contributed by atoms with Crippen LogP contribution in [0.5, 0.6) is 0 Å². The molecule has 0 aliphatic carbocycles. The lowest BCUT2D eigenvalue weighted by atomic mass is 10.2. The Kier molecular flexibility index (Phi) is 3.93. The standard InChI is InChI=1S/C11H18N4O/c1-2-12-11-13-6-5-10(15-11)14-8-9-4-3-7-16-9/h5-6,9H,2-4,7-8H2,1H3,(H2,12,13,14,15). The number of ether oxygens (including phenoxy) is 1. The van der Waals surface area contributed by atoms with E-state index >= 15 is 0 Å².